The third-order valence-electron chi connectivity index (χ3n) is 4.66. The number of carbonyl (C=O) groups excluding carboxylic acids is 1. The van der Waals surface area contributed by atoms with Crippen molar-refractivity contribution in [3.63, 3.8) is 0 Å². The summed E-state index contributed by atoms with van der Waals surface area (Å²) in [6.45, 7) is 3.74. The largest absolute Gasteiger partial charge is 0.324 e. The van der Waals surface area contributed by atoms with Gasteiger partial charge < -0.3 is 5.32 Å². The fraction of sp³-hybridized carbons (Fsp3) is 0.316. The summed E-state index contributed by atoms with van der Waals surface area (Å²) >= 11 is 0. The zero-order valence-electron chi connectivity index (χ0n) is 14.7. The molecule has 0 bridgehead atoms. The molecule has 2 aromatic rings. The summed E-state index contributed by atoms with van der Waals surface area (Å²) in [6, 6.07) is 10.2. The van der Waals surface area contributed by atoms with E-state index in [2.05, 4.69) is 5.32 Å². The molecular formula is C19H21FN2O3S. The summed E-state index contributed by atoms with van der Waals surface area (Å²) in [5.41, 5.74) is 1.64. The van der Waals surface area contributed by atoms with Crippen LogP contribution in [0.4, 0.5) is 10.1 Å². The van der Waals surface area contributed by atoms with E-state index in [1.54, 1.807) is 37.3 Å². The third-order valence-corrected chi connectivity index (χ3v) is 6.58. The molecule has 0 aromatic heterocycles. The highest BCUT2D eigenvalue weighted by Crippen LogP contribution is 2.28. The van der Waals surface area contributed by atoms with Gasteiger partial charge in [-0.15, -0.1) is 0 Å². The Hall–Kier alpha value is -2.25. The van der Waals surface area contributed by atoms with Gasteiger partial charge in [-0.3, -0.25) is 4.79 Å². The van der Waals surface area contributed by atoms with Gasteiger partial charge in [-0.2, -0.15) is 4.31 Å². The summed E-state index contributed by atoms with van der Waals surface area (Å²) in [5, 5.41) is 2.67. The molecule has 0 radical (unpaired) electrons. The van der Waals surface area contributed by atoms with Gasteiger partial charge in [0.05, 0.1) is 4.90 Å². The lowest BCUT2D eigenvalue weighted by Gasteiger charge is -2.24. The lowest BCUT2D eigenvalue weighted by molar-refractivity contribution is -0.119. The Morgan fingerprint density at radius 2 is 1.85 bits per heavy atom. The molecule has 1 amide bonds. The number of halogens is 1. The Kier molecular flexibility index (Phi) is 5.11. The SMILES string of the molecule is Cc1ccc(S(=O)(=O)N2CCC[C@H]2C(=O)Nc2cccc(F)c2C)cc1. The predicted octanol–water partition coefficient (Wildman–Crippen LogP) is 3.23. The van der Waals surface area contributed by atoms with Gasteiger partial charge in [0, 0.05) is 17.8 Å². The van der Waals surface area contributed by atoms with Crippen molar-refractivity contribution in [1.82, 2.24) is 4.31 Å². The molecule has 1 fully saturated rings. The standard InChI is InChI=1S/C19H21FN2O3S/c1-13-8-10-15(11-9-13)26(24,25)22-12-4-7-18(22)19(23)21-17-6-3-5-16(20)14(17)2/h3,5-6,8-11,18H,4,7,12H2,1-2H3,(H,21,23)/t18-/m0/s1. The lowest BCUT2D eigenvalue weighted by Crippen LogP contribution is -2.43. The van der Waals surface area contributed by atoms with Crippen molar-refractivity contribution in [3.05, 3.63) is 59.4 Å². The predicted molar refractivity (Wildman–Crippen MR) is 97.9 cm³/mol. The Morgan fingerprint density at radius 3 is 2.54 bits per heavy atom. The van der Waals surface area contributed by atoms with E-state index in [4.69, 9.17) is 0 Å². The fourth-order valence-corrected chi connectivity index (χ4v) is 4.75. The zero-order chi connectivity index (χ0) is 18.9. The molecule has 1 aliphatic rings. The number of aryl methyl sites for hydroxylation is 1. The van der Waals surface area contributed by atoms with E-state index in [9.17, 15) is 17.6 Å². The summed E-state index contributed by atoms with van der Waals surface area (Å²) in [6.07, 6.45) is 1.04. The van der Waals surface area contributed by atoms with Crippen molar-refractivity contribution in [2.24, 2.45) is 0 Å². The number of benzene rings is 2. The van der Waals surface area contributed by atoms with Crippen LogP contribution in [-0.4, -0.2) is 31.2 Å². The van der Waals surface area contributed by atoms with Crippen LogP contribution in [0.15, 0.2) is 47.4 Å². The van der Waals surface area contributed by atoms with E-state index in [1.807, 2.05) is 6.92 Å². The molecule has 2 aromatic carbocycles. The number of rotatable bonds is 4. The molecule has 26 heavy (non-hydrogen) atoms. The molecule has 0 unspecified atom stereocenters. The first-order valence-corrected chi connectivity index (χ1v) is 9.89. The van der Waals surface area contributed by atoms with Gasteiger partial charge >= 0.3 is 0 Å². The van der Waals surface area contributed by atoms with Crippen molar-refractivity contribution in [2.75, 3.05) is 11.9 Å². The molecule has 0 saturated carbocycles. The quantitative estimate of drug-likeness (QED) is 0.891. The molecule has 5 nitrogen and oxygen atoms in total. The minimum Gasteiger partial charge on any atom is -0.324 e. The minimum absolute atomic E-state index is 0.171. The summed E-state index contributed by atoms with van der Waals surface area (Å²) in [4.78, 5) is 12.9. The number of carbonyl (C=O) groups is 1. The number of anilines is 1. The van der Waals surface area contributed by atoms with Gasteiger partial charge in [-0.05, 0) is 51.0 Å². The Morgan fingerprint density at radius 1 is 1.15 bits per heavy atom. The molecule has 0 spiro atoms. The molecule has 1 saturated heterocycles. The number of nitrogens with one attached hydrogen (secondary N) is 1. The molecule has 138 valence electrons. The summed E-state index contributed by atoms with van der Waals surface area (Å²) in [7, 11) is -3.76. The van der Waals surface area contributed by atoms with Gasteiger partial charge in [-0.25, -0.2) is 12.8 Å². The highest BCUT2D eigenvalue weighted by atomic mass is 32.2. The molecule has 1 heterocycles. The van der Waals surface area contributed by atoms with Crippen LogP contribution >= 0.6 is 0 Å². The number of sulfonamides is 1. The van der Waals surface area contributed by atoms with Crippen molar-refractivity contribution in [1.29, 1.82) is 0 Å². The first kappa shape index (κ1) is 18.5. The first-order chi connectivity index (χ1) is 12.3. The maximum Gasteiger partial charge on any atom is 0.243 e. The average molecular weight is 376 g/mol. The fourth-order valence-electron chi connectivity index (χ4n) is 3.09. The zero-order valence-corrected chi connectivity index (χ0v) is 15.5. The minimum atomic E-state index is -3.76. The number of amides is 1. The second-order valence-electron chi connectivity index (χ2n) is 6.49. The van der Waals surface area contributed by atoms with Crippen molar-refractivity contribution in [2.45, 2.75) is 37.6 Å². The number of nitrogens with zero attached hydrogens (tertiary/aromatic N) is 1. The molecule has 7 heteroatoms. The van der Waals surface area contributed by atoms with E-state index in [0.29, 0.717) is 24.1 Å². The second kappa shape index (κ2) is 7.17. The van der Waals surface area contributed by atoms with E-state index in [1.165, 1.54) is 16.4 Å². The molecule has 1 atom stereocenters. The van der Waals surface area contributed by atoms with Crippen LogP contribution in [0.2, 0.25) is 0 Å². The van der Waals surface area contributed by atoms with Crippen LogP contribution < -0.4 is 5.32 Å². The third kappa shape index (κ3) is 3.50. The van der Waals surface area contributed by atoms with Gasteiger partial charge in [0.15, 0.2) is 0 Å². The Balaban J connectivity index is 1.84. The molecule has 3 rings (SSSR count). The van der Waals surface area contributed by atoms with E-state index in [0.717, 1.165) is 5.56 Å². The number of hydrogen-bond donors (Lipinski definition) is 1. The lowest BCUT2D eigenvalue weighted by atomic mass is 10.1. The second-order valence-corrected chi connectivity index (χ2v) is 8.38. The maximum atomic E-state index is 13.7. The van der Waals surface area contributed by atoms with Crippen molar-refractivity contribution in [3.8, 4) is 0 Å². The molecule has 0 aliphatic carbocycles. The van der Waals surface area contributed by atoms with E-state index < -0.39 is 27.8 Å². The van der Waals surface area contributed by atoms with Crippen LogP contribution in [0.5, 0.6) is 0 Å². The molecular weight excluding hydrogens is 355 g/mol. The van der Waals surface area contributed by atoms with Crippen molar-refractivity contribution < 1.29 is 17.6 Å². The van der Waals surface area contributed by atoms with Crippen LogP contribution in [0.3, 0.4) is 0 Å². The first-order valence-electron chi connectivity index (χ1n) is 8.45. The Bertz CT molecular complexity index is 926. The topological polar surface area (TPSA) is 66.5 Å². The van der Waals surface area contributed by atoms with Crippen LogP contribution in [0, 0.1) is 19.7 Å². The van der Waals surface area contributed by atoms with Crippen LogP contribution in [0.25, 0.3) is 0 Å². The summed E-state index contributed by atoms with van der Waals surface area (Å²) < 4.78 is 40.7. The Labute approximate surface area is 152 Å². The maximum absolute atomic E-state index is 13.7. The normalized spacial score (nSPS) is 18.0. The highest BCUT2D eigenvalue weighted by molar-refractivity contribution is 7.89. The van der Waals surface area contributed by atoms with Crippen LogP contribution in [-0.2, 0) is 14.8 Å². The number of hydrogen-bond acceptors (Lipinski definition) is 3. The molecule has 1 N–H and O–H groups in total. The average Bonchev–Trinajstić information content (AvgIpc) is 3.10. The van der Waals surface area contributed by atoms with Gasteiger partial charge in [-0.1, -0.05) is 23.8 Å². The van der Waals surface area contributed by atoms with Gasteiger partial charge in [0.25, 0.3) is 0 Å². The van der Waals surface area contributed by atoms with Crippen LogP contribution in [0.1, 0.15) is 24.0 Å². The molecule has 1 aliphatic heterocycles. The van der Waals surface area contributed by atoms with Gasteiger partial charge in [0.2, 0.25) is 15.9 Å². The van der Waals surface area contributed by atoms with E-state index in [-0.39, 0.29) is 11.4 Å². The smallest absolute Gasteiger partial charge is 0.243 e. The monoisotopic (exact) mass is 376 g/mol. The highest BCUT2D eigenvalue weighted by Gasteiger charge is 2.39. The van der Waals surface area contributed by atoms with Crippen molar-refractivity contribution >= 4 is 21.6 Å². The summed E-state index contributed by atoms with van der Waals surface area (Å²) in [5.74, 6) is -0.856. The van der Waals surface area contributed by atoms with Gasteiger partial charge in [0.1, 0.15) is 11.9 Å². The van der Waals surface area contributed by atoms with E-state index >= 15 is 0 Å².